The lowest BCUT2D eigenvalue weighted by molar-refractivity contribution is 0.204. The summed E-state index contributed by atoms with van der Waals surface area (Å²) in [6.07, 6.45) is 3.68. The summed E-state index contributed by atoms with van der Waals surface area (Å²) < 4.78 is 6.74. The molecule has 84 valence electrons. The summed E-state index contributed by atoms with van der Waals surface area (Å²) in [7, 11) is 1.66. The molecule has 5 nitrogen and oxygen atoms in total. The first-order chi connectivity index (χ1) is 7.33. The lowest BCUT2D eigenvalue weighted by Crippen LogP contribution is -2.38. The summed E-state index contributed by atoms with van der Waals surface area (Å²) in [5, 5.41) is 10.8. The second-order valence-electron chi connectivity index (χ2n) is 2.94. The van der Waals surface area contributed by atoms with Crippen molar-refractivity contribution in [3.05, 3.63) is 18.5 Å². The van der Waals surface area contributed by atoms with Crippen LogP contribution in [0.15, 0.2) is 18.5 Å². The average Bonchev–Trinajstić information content (AvgIpc) is 2.71. The molecular weight excluding hydrogens is 212 g/mol. The van der Waals surface area contributed by atoms with Gasteiger partial charge in [0.05, 0.1) is 13.2 Å². The Morgan fingerprint density at radius 1 is 1.47 bits per heavy atom. The number of rotatable bonds is 6. The van der Waals surface area contributed by atoms with E-state index in [1.54, 1.807) is 13.3 Å². The van der Waals surface area contributed by atoms with Crippen LogP contribution in [0.1, 0.15) is 0 Å². The van der Waals surface area contributed by atoms with E-state index in [9.17, 15) is 0 Å². The van der Waals surface area contributed by atoms with Crippen molar-refractivity contribution in [1.82, 2.24) is 20.4 Å². The van der Waals surface area contributed by atoms with Crippen LogP contribution in [0.2, 0.25) is 0 Å². The van der Waals surface area contributed by atoms with Crippen LogP contribution in [0.5, 0.6) is 0 Å². The molecule has 0 aliphatic carbocycles. The molecule has 2 N–H and O–H groups in total. The van der Waals surface area contributed by atoms with Crippen molar-refractivity contribution in [1.29, 1.82) is 0 Å². The lowest BCUT2D eigenvalue weighted by Gasteiger charge is -2.09. The Balaban J connectivity index is 2.02. The van der Waals surface area contributed by atoms with Crippen molar-refractivity contribution in [2.24, 2.45) is 0 Å². The number of nitrogens with zero attached hydrogens (tertiary/aromatic N) is 2. The first-order valence-electron chi connectivity index (χ1n) is 4.81. The van der Waals surface area contributed by atoms with E-state index >= 15 is 0 Å². The van der Waals surface area contributed by atoms with Gasteiger partial charge < -0.3 is 15.4 Å². The Hall–Kier alpha value is -1.14. The number of aromatic nitrogens is 2. The molecule has 0 unspecified atom stereocenters. The van der Waals surface area contributed by atoms with Crippen LogP contribution < -0.4 is 10.6 Å². The van der Waals surface area contributed by atoms with E-state index in [0.29, 0.717) is 11.7 Å². The van der Waals surface area contributed by atoms with Gasteiger partial charge in [-0.1, -0.05) is 0 Å². The third-order valence-electron chi connectivity index (χ3n) is 1.78. The fraction of sp³-hybridized carbons (Fsp3) is 0.556. The first-order valence-corrected chi connectivity index (χ1v) is 5.22. The molecule has 1 aromatic rings. The van der Waals surface area contributed by atoms with Crippen LogP contribution in [0.25, 0.3) is 0 Å². The van der Waals surface area contributed by atoms with Crippen molar-refractivity contribution in [2.45, 2.75) is 6.54 Å². The fourth-order valence-electron chi connectivity index (χ4n) is 1.05. The predicted molar refractivity (Wildman–Crippen MR) is 62.7 cm³/mol. The van der Waals surface area contributed by atoms with Gasteiger partial charge in [0.25, 0.3) is 0 Å². The molecular formula is C9H16N4OS. The van der Waals surface area contributed by atoms with Crippen molar-refractivity contribution in [2.75, 3.05) is 26.8 Å². The molecule has 1 aromatic heterocycles. The molecule has 0 spiro atoms. The molecule has 0 amide bonds. The van der Waals surface area contributed by atoms with Crippen molar-refractivity contribution in [3.8, 4) is 0 Å². The lowest BCUT2D eigenvalue weighted by atomic mass is 10.6. The van der Waals surface area contributed by atoms with Crippen molar-refractivity contribution in [3.63, 3.8) is 0 Å². The first kappa shape index (κ1) is 11.9. The zero-order chi connectivity index (χ0) is 10.9. The number of hydrogen-bond acceptors (Lipinski definition) is 3. The Morgan fingerprint density at radius 3 is 2.93 bits per heavy atom. The number of ether oxygens (including phenoxy) is 1. The van der Waals surface area contributed by atoms with Gasteiger partial charge in [0.2, 0.25) is 0 Å². The maximum Gasteiger partial charge on any atom is 0.166 e. The van der Waals surface area contributed by atoms with Crippen molar-refractivity contribution < 1.29 is 4.74 Å². The van der Waals surface area contributed by atoms with Gasteiger partial charge in [-0.3, -0.25) is 4.68 Å². The van der Waals surface area contributed by atoms with Gasteiger partial charge >= 0.3 is 0 Å². The minimum atomic E-state index is 0.652. The Labute approximate surface area is 94.8 Å². The molecule has 0 aromatic carbocycles. The standard InChI is InChI=1S/C9H16N4OS/c1-14-8-5-11-9(15)10-4-7-13-6-2-3-12-13/h2-3,6H,4-5,7-8H2,1H3,(H2,10,11,15). The summed E-state index contributed by atoms with van der Waals surface area (Å²) in [6, 6.07) is 1.90. The largest absolute Gasteiger partial charge is 0.383 e. The third-order valence-corrected chi connectivity index (χ3v) is 2.07. The molecule has 1 heterocycles. The summed E-state index contributed by atoms with van der Waals surface area (Å²) in [4.78, 5) is 0. The highest BCUT2D eigenvalue weighted by Crippen LogP contribution is 1.82. The monoisotopic (exact) mass is 228 g/mol. The number of nitrogens with one attached hydrogen (secondary N) is 2. The molecule has 0 saturated carbocycles. The molecule has 0 atom stereocenters. The summed E-state index contributed by atoms with van der Waals surface area (Å²) in [5.41, 5.74) is 0. The van der Waals surface area contributed by atoms with E-state index in [0.717, 1.165) is 19.6 Å². The van der Waals surface area contributed by atoms with E-state index in [2.05, 4.69) is 15.7 Å². The van der Waals surface area contributed by atoms with Gasteiger partial charge in [-0.25, -0.2) is 0 Å². The Bertz CT molecular complexity index is 276. The zero-order valence-electron chi connectivity index (χ0n) is 8.77. The second kappa shape index (κ2) is 7.19. The van der Waals surface area contributed by atoms with Gasteiger partial charge in [0, 0.05) is 32.6 Å². The summed E-state index contributed by atoms with van der Waals surface area (Å²) in [5.74, 6) is 0. The van der Waals surface area contributed by atoms with Crippen LogP contribution in [0.4, 0.5) is 0 Å². The second-order valence-corrected chi connectivity index (χ2v) is 3.35. The van der Waals surface area contributed by atoms with E-state index < -0.39 is 0 Å². The topological polar surface area (TPSA) is 51.1 Å². The average molecular weight is 228 g/mol. The molecule has 0 saturated heterocycles. The van der Waals surface area contributed by atoms with Crippen molar-refractivity contribution >= 4 is 17.3 Å². The van der Waals surface area contributed by atoms with Gasteiger partial charge in [-0.05, 0) is 18.3 Å². The van der Waals surface area contributed by atoms with Crippen LogP contribution in [0, 0.1) is 0 Å². The highest BCUT2D eigenvalue weighted by Gasteiger charge is 1.94. The third kappa shape index (κ3) is 5.34. The van der Waals surface area contributed by atoms with Gasteiger partial charge in [-0.15, -0.1) is 0 Å². The molecule has 0 radical (unpaired) electrons. The minimum absolute atomic E-state index is 0.652. The Kier molecular flexibility index (Phi) is 5.72. The zero-order valence-corrected chi connectivity index (χ0v) is 9.59. The maximum absolute atomic E-state index is 5.05. The van der Waals surface area contributed by atoms with E-state index in [-0.39, 0.29) is 0 Å². The van der Waals surface area contributed by atoms with E-state index in [1.165, 1.54) is 0 Å². The molecule has 0 fully saturated rings. The molecule has 0 bridgehead atoms. The quantitative estimate of drug-likeness (QED) is 0.530. The molecule has 0 aliphatic heterocycles. The van der Waals surface area contributed by atoms with Gasteiger partial charge in [0.1, 0.15) is 0 Å². The Morgan fingerprint density at radius 2 is 2.27 bits per heavy atom. The van der Waals surface area contributed by atoms with Gasteiger partial charge in [0.15, 0.2) is 5.11 Å². The van der Waals surface area contributed by atoms with E-state index in [1.807, 2.05) is 16.9 Å². The van der Waals surface area contributed by atoms with Crippen LogP contribution in [0.3, 0.4) is 0 Å². The number of thiocarbonyl (C=S) groups is 1. The summed E-state index contributed by atoms with van der Waals surface area (Å²) in [6.45, 7) is 2.95. The predicted octanol–water partition coefficient (Wildman–Crippen LogP) is -0.00640. The molecule has 15 heavy (non-hydrogen) atoms. The highest BCUT2D eigenvalue weighted by molar-refractivity contribution is 7.80. The van der Waals surface area contributed by atoms with E-state index in [4.69, 9.17) is 17.0 Å². The highest BCUT2D eigenvalue weighted by atomic mass is 32.1. The minimum Gasteiger partial charge on any atom is -0.383 e. The smallest absolute Gasteiger partial charge is 0.166 e. The number of methoxy groups -OCH3 is 1. The normalized spacial score (nSPS) is 9.93. The molecule has 1 rings (SSSR count). The molecule has 0 aliphatic rings. The van der Waals surface area contributed by atoms with Crippen LogP contribution >= 0.6 is 12.2 Å². The SMILES string of the molecule is COCCNC(=S)NCCn1cccn1. The molecule has 6 heteroatoms. The van der Waals surface area contributed by atoms with Gasteiger partial charge in [-0.2, -0.15) is 5.10 Å². The fourth-order valence-corrected chi connectivity index (χ4v) is 1.25. The summed E-state index contributed by atoms with van der Waals surface area (Å²) >= 11 is 5.05. The van der Waals surface area contributed by atoms with Crippen LogP contribution in [-0.4, -0.2) is 41.7 Å². The number of hydrogen-bond donors (Lipinski definition) is 2. The van der Waals surface area contributed by atoms with Crippen LogP contribution in [-0.2, 0) is 11.3 Å². The maximum atomic E-state index is 5.05.